The zero-order valence-electron chi connectivity index (χ0n) is 15.1. The molecule has 1 aromatic rings. The Balaban J connectivity index is 2.92. The molecule has 0 saturated carbocycles. The number of esters is 1. The first-order valence-corrected chi connectivity index (χ1v) is 9.05. The maximum absolute atomic E-state index is 14.9. The predicted molar refractivity (Wildman–Crippen MR) is 98.9 cm³/mol. The van der Waals surface area contributed by atoms with Crippen LogP contribution in [0.4, 0.5) is 4.39 Å². The third-order valence-corrected chi connectivity index (χ3v) is 5.09. The van der Waals surface area contributed by atoms with E-state index in [1.807, 2.05) is 0 Å². The van der Waals surface area contributed by atoms with Crippen LogP contribution in [0.2, 0.25) is 0 Å². The van der Waals surface area contributed by atoms with E-state index in [0.29, 0.717) is 15.9 Å². The van der Waals surface area contributed by atoms with Crippen molar-refractivity contribution >= 4 is 27.9 Å². The van der Waals surface area contributed by atoms with Gasteiger partial charge in [-0.15, -0.1) is 0 Å². The number of halogens is 2. The average molecular weight is 426 g/mol. The number of ether oxygens (including phenoxy) is 1. The molecule has 2 rings (SSSR count). The number of hydrogen-bond donors (Lipinski definition) is 2. The minimum Gasteiger partial charge on any atom is -0.478 e. The summed E-state index contributed by atoms with van der Waals surface area (Å²) in [5.41, 5.74) is -0.449. The highest BCUT2D eigenvalue weighted by molar-refractivity contribution is 9.10. The monoisotopic (exact) mass is 425 g/mol. The molecule has 0 bridgehead atoms. The van der Waals surface area contributed by atoms with E-state index in [-0.39, 0.29) is 29.7 Å². The number of hydrogen-bond acceptors (Lipinski definition) is 4. The Hall–Kier alpha value is -2.15. The first-order valence-electron chi connectivity index (χ1n) is 8.26. The van der Waals surface area contributed by atoms with Gasteiger partial charge in [-0.3, -0.25) is 0 Å². The second-order valence-electron chi connectivity index (χ2n) is 6.03. The highest BCUT2D eigenvalue weighted by Crippen LogP contribution is 2.48. The van der Waals surface area contributed by atoms with Gasteiger partial charge in [-0.2, -0.15) is 0 Å². The quantitative estimate of drug-likeness (QED) is 0.696. The van der Waals surface area contributed by atoms with Gasteiger partial charge >= 0.3 is 11.9 Å². The highest BCUT2D eigenvalue weighted by atomic mass is 79.9. The second kappa shape index (κ2) is 7.61. The van der Waals surface area contributed by atoms with Crippen molar-refractivity contribution in [3.63, 3.8) is 0 Å². The maximum Gasteiger partial charge on any atom is 0.337 e. The highest BCUT2D eigenvalue weighted by Gasteiger charge is 2.50. The minimum absolute atomic E-state index is 0.0603. The molecule has 5 nitrogen and oxygen atoms in total. The molecule has 0 aliphatic carbocycles. The normalized spacial score (nSPS) is 20.1. The Bertz CT molecular complexity index is 831. The van der Waals surface area contributed by atoms with Crippen LogP contribution in [0.5, 0.6) is 0 Å². The molecule has 1 atom stereocenters. The molecule has 26 heavy (non-hydrogen) atoms. The maximum atomic E-state index is 14.9. The van der Waals surface area contributed by atoms with Crippen molar-refractivity contribution < 1.29 is 23.8 Å². The van der Waals surface area contributed by atoms with E-state index in [4.69, 9.17) is 4.74 Å². The van der Waals surface area contributed by atoms with Gasteiger partial charge in [0.15, 0.2) is 0 Å². The summed E-state index contributed by atoms with van der Waals surface area (Å²) in [6, 6.07) is 4.41. The van der Waals surface area contributed by atoms with Crippen LogP contribution in [0.25, 0.3) is 0 Å². The zero-order chi connectivity index (χ0) is 19.6. The van der Waals surface area contributed by atoms with Crippen molar-refractivity contribution in [2.75, 3.05) is 6.61 Å². The molecule has 1 aliphatic heterocycles. The first kappa shape index (κ1) is 20.2. The van der Waals surface area contributed by atoms with Gasteiger partial charge in [-0.05, 0) is 39.3 Å². The Morgan fingerprint density at radius 3 is 2.35 bits per heavy atom. The predicted octanol–water partition coefficient (Wildman–Crippen LogP) is 4.03. The third-order valence-electron chi connectivity index (χ3n) is 4.59. The molecule has 0 spiro atoms. The van der Waals surface area contributed by atoms with E-state index in [1.165, 1.54) is 12.1 Å². The Kier molecular flexibility index (Phi) is 5.91. The lowest BCUT2D eigenvalue weighted by Gasteiger charge is -2.41. The fraction of sp³-hybridized carbons (Fsp3) is 0.368. The second-order valence-corrected chi connectivity index (χ2v) is 6.95. The molecule has 0 aromatic heterocycles. The van der Waals surface area contributed by atoms with Crippen molar-refractivity contribution in [3.05, 3.63) is 56.6 Å². The van der Waals surface area contributed by atoms with Crippen LogP contribution in [-0.4, -0.2) is 23.7 Å². The number of aliphatic carboxylic acids is 1. The molecule has 0 fully saturated rings. The number of carboxylic acids is 1. The molecule has 1 aromatic carbocycles. The topological polar surface area (TPSA) is 75.6 Å². The van der Waals surface area contributed by atoms with Gasteiger partial charge in [0.1, 0.15) is 5.82 Å². The molecule has 2 N–H and O–H groups in total. The number of carboxylic acid groups (broad SMARTS) is 1. The lowest BCUT2D eigenvalue weighted by molar-refractivity contribution is -0.139. The number of nitrogens with one attached hydrogen (secondary N) is 1. The molecule has 1 aliphatic rings. The van der Waals surface area contributed by atoms with Gasteiger partial charge in [0, 0.05) is 21.4 Å². The summed E-state index contributed by atoms with van der Waals surface area (Å²) < 4.78 is 20.6. The van der Waals surface area contributed by atoms with Crippen LogP contribution in [-0.2, 0) is 19.7 Å². The summed E-state index contributed by atoms with van der Waals surface area (Å²) >= 11 is 3.21. The number of allylic oxidation sites excluding steroid dienone is 2. The molecule has 0 saturated heterocycles. The van der Waals surface area contributed by atoms with E-state index in [9.17, 15) is 19.1 Å². The van der Waals surface area contributed by atoms with Gasteiger partial charge in [0.2, 0.25) is 0 Å². The van der Waals surface area contributed by atoms with E-state index in [2.05, 4.69) is 21.2 Å². The molecule has 1 heterocycles. The number of carbonyl (C=O) groups is 2. The number of rotatable bonds is 5. The van der Waals surface area contributed by atoms with Gasteiger partial charge in [-0.1, -0.05) is 28.9 Å². The fourth-order valence-corrected chi connectivity index (χ4v) is 4.03. The van der Waals surface area contributed by atoms with Crippen LogP contribution in [0, 0.1) is 5.82 Å². The average Bonchev–Trinajstić information content (AvgIpc) is 2.53. The molecule has 1 unspecified atom stereocenters. The SMILES string of the molecule is CCOC(=O)C1=C(C)NC(C)=C(C(=O)O)C1(CC)c1ccc(Br)cc1F. The van der Waals surface area contributed by atoms with E-state index >= 15 is 0 Å². The Morgan fingerprint density at radius 2 is 1.85 bits per heavy atom. The van der Waals surface area contributed by atoms with Crippen LogP contribution in [0.3, 0.4) is 0 Å². The summed E-state index contributed by atoms with van der Waals surface area (Å²) in [5.74, 6) is -2.47. The summed E-state index contributed by atoms with van der Waals surface area (Å²) in [5, 5.41) is 12.8. The number of benzene rings is 1. The molecule has 0 radical (unpaired) electrons. The number of carbonyl (C=O) groups excluding carboxylic acids is 1. The van der Waals surface area contributed by atoms with Crippen molar-refractivity contribution in [1.82, 2.24) is 5.32 Å². The van der Waals surface area contributed by atoms with Crippen molar-refractivity contribution in [2.45, 2.75) is 39.5 Å². The molecule has 7 heteroatoms. The summed E-state index contributed by atoms with van der Waals surface area (Å²) in [6.07, 6.45) is 0.178. The van der Waals surface area contributed by atoms with Crippen molar-refractivity contribution in [2.24, 2.45) is 0 Å². The Morgan fingerprint density at radius 1 is 1.23 bits per heavy atom. The standard InChI is InChI=1S/C19H21BrFNO4/c1-5-19(13-8-7-12(20)9-14(13)21)15(17(23)24)10(3)22-11(4)16(19)18(25)26-6-2/h7-9,22H,5-6H2,1-4H3,(H,23,24). The van der Waals surface area contributed by atoms with Crippen molar-refractivity contribution in [1.29, 1.82) is 0 Å². The summed E-state index contributed by atoms with van der Waals surface area (Å²) in [7, 11) is 0. The lowest BCUT2D eigenvalue weighted by atomic mass is 9.64. The van der Waals surface area contributed by atoms with E-state index in [1.54, 1.807) is 33.8 Å². The van der Waals surface area contributed by atoms with Crippen LogP contribution >= 0.6 is 15.9 Å². The van der Waals surface area contributed by atoms with Gasteiger partial charge in [0.05, 0.1) is 23.2 Å². The van der Waals surface area contributed by atoms with Crippen molar-refractivity contribution in [3.8, 4) is 0 Å². The van der Waals surface area contributed by atoms with Gasteiger partial charge < -0.3 is 15.2 Å². The van der Waals surface area contributed by atoms with E-state index < -0.39 is 23.2 Å². The molecule has 0 amide bonds. The van der Waals surface area contributed by atoms with Gasteiger partial charge in [-0.25, -0.2) is 14.0 Å². The molecular formula is C19H21BrFNO4. The Labute approximate surface area is 160 Å². The molecule has 140 valence electrons. The smallest absolute Gasteiger partial charge is 0.337 e. The van der Waals surface area contributed by atoms with Gasteiger partial charge in [0.25, 0.3) is 0 Å². The van der Waals surface area contributed by atoms with Crippen LogP contribution < -0.4 is 5.32 Å². The van der Waals surface area contributed by atoms with Crippen LogP contribution in [0.1, 0.15) is 39.7 Å². The largest absolute Gasteiger partial charge is 0.478 e. The molecular weight excluding hydrogens is 405 g/mol. The fourth-order valence-electron chi connectivity index (χ4n) is 3.69. The van der Waals surface area contributed by atoms with E-state index in [0.717, 1.165) is 0 Å². The minimum atomic E-state index is -1.46. The third kappa shape index (κ3) is 3.16. The number of dihydropyridines is 1. The van der Waals surface area contributed by atoms with Crippen LogP contribution in [0.15, 0.2) is 45.2 Å². The first-order chi connectivity index (χ1) is 12.2. The summed E-state index contributed by atoms with van der Waals surface area (Å²) in [6.45, 7) is 6.79. The zero-order valence-corrected chi connectivity index (χ0v) is 16.7. The summed E-state index contributed by atoms with van der Waals surface area (Å²) in [4.78, 5) is 24.9. The lowest BCUT2D eigenvalue weighted by Crippen LogP contribution is -2.45.